The summed E-state index contributed by atoms with van der Waals surface area (Å²) >= 11 is 0. The molecule has 0 radical (unpaired) electrons. The predicted molar refractivity (Wildman–Crippen MR) is 83.3 cm³/mol. The lowest BCUT2D eigenvalue weighted by atomic mass is 9.87. The molecule has 4 heteroatoms. The minimum atomic E-state index is 0.167. The minimum Gasteiger partial charge on any atom is -0.383 e. The van der Waals surface area contributed by atoms with Gasteiger partial charge in [0.2, 0.25) is 0 Å². The third-order valence-electron chi connectivity index (χ3n) is 4.00. The number of rotatable bonds is 8. The third kappa shape index (κ3) is 4.78. The molecule has 1 heterocycles. The molecule has 2 unspecified atom stereocenters. The molecule has 1 aromatic rings. The topological polar surface area (TPSA) is 39.7 Å². The average molecular weight is 293 g/mol. The van der Waals surface area contributed by atoms with Gasteiger partial charge in [0.25, 0.3) is 0 Å². The Balaban J connectivity index is 2.03. The van der Waals surface area contributed by atoms with Crippen molar-refractivity contribution in [2.75, 3.05) is 40.5 Å². The standard InChI is InChI=1S/C17H27NO3/c1-19-11-9-18-12-14-7-5-10-21-17(14)16-8-4-3-6-15(16)13-20-2/h3-4,6,8,14,17-18H,5,7,9-13H2,1-2H3. The van der Waals surface area contributed by atoms with Crippen molar-refractivity contribution in [2.24, 2.45) is 5.92 Å². The molecular weight excluding hydrogens is 266 g/mol. The fourth-order valence-electron chi connectivity index (χ4n) is 2.96. The Labute approximate surface area is 127 Å². The Kier molecular flexibility index (Phi) is 7.16. The Hall–Kier alpha value is -0.940. The van der Waals surface area contributed by atoms with E-state index in [2.05, 4.69) is 29.6 Å². The second-order valence-corrected chi connectivity index (χ2v) is 5.52. The van der Waals surface area contributed by atoms with Gasteiger partial charge in [-0.1, -0.05) is 24.3 Å². The van der Waals surface area contributed by atoms with E-state index in [0.29, 0.717) is 12.5 Å². The van der Waals surface area contributed by atoms with Gasteiger partial charge in [0.15, 0.2) is 0 Å². The molecule has 21 heavy (non-hydrogen) atoms. The van der Waals surface area contributed by atoms with Crippen LogP contribution in [-0.2, 0) is 20.8 Å². The summed E-state index contributed by atoms with van der Waals surface area (Å²) in [4.78, 5) is 0. The highest BCUT2D eigenvalue weighted by atomic mass is 16.5. The van der Waals surface area contributed by atoms with Crippen LogP contribution in [-0.4, -0.2) is 40.5 Å². The molecule has 2 rings (SSSR count). The monoisotopic (exact) mass is 293 g/mol. The van der Waals surface area contributed by atoms with E-state index in [1.165, 1.54) is 17.5 Å². The van der Waals surface area contributed by atoms with E-state index in [4.69, 9.17) is 14.2 Å². The smallest absolute Gasteiger partial charge is 0.0868 e. The zero-order valence-corrected chi connectivity index (χ0v) is 13.1. The fourth-order valence-corrected chi connectivity index (χ4v) is 2.96. The number of hydrogen-bond acceptors (Lipinski definition) is 4. The van der Waals surface area contributed by atoms with Gasteiger partial charge in [0.1, 0.15) is 0 Å². The first-order chi connectivity index (χ1) is 10.4. The normalized spacial score (nSPS) is 22.4. The van der Waals surface area contributed by atoms with E-state index in [1.807, 2.05) is 0 Å². The molecule has 0 aromatic heterocycles. The zero-order valence-electron chi connectivity index (χ0n) is 13.1. The van der Waals surface area contributed by atoms with Crippen LogP contribution >= 0.6 is 0 Å². The summed E-state index contributed by atoms with van der Waals surface area (Å²) in [6, 6.07) is 8.45. The first-order valence-corrected chi connectivity index (χ1v) is 7.74. The molecule has 0 aliphatic carbocycles. The molecule has 1 aromatic carbocycles. The van der Waals surface area contributed by atoms with Gasteiger partial charge in [0.05, 0.1) is 19.3 Å². The van der Waals surface area contributed by atoms with Crippen molar-refractivity contribution in [3.05, 3.63) is 35.4 Å². The molecule has 1 fully saturated rings. The lowest BCUT2D eigenvalue weighted by molar-refractivity contribution is -0.0291. The van der Waals surface area contributed by atoms with Gasteiger partial charge >= 0.3 is 0 Å². The van der Waals surface area contributed by atoms with E-state index >= 15 is 0 Å². The molecule has 0 saturated carbocycles. The highest BCUT2D eigenvalue weighted by Crippen LogP contribution is 2.35. The number of methoxy groups -OCH3 is 2. The van der Waals surface area contributed by atoms with Gasteiger partial charge in [-0.05, 0) is 24.0 Å². The molecule has 0 amide bonds. The van der Waals surface area contributed by atoms with Crippen molar-refractivity contribution in [3.8, 4) is 0 Å². The van der Waals surface area contributed by atoms with E-state index in [0.717, 1.165) is 32.7 Å². The van der Waals surface area contributed by atoms with Gasteiger partial charge in [-0.3, -0.25) is 0 Å². The molecule has 0 spiro atoms. The molecule has 0 bridgehead atoms. The zero-order chi connectivity index (χ0) is 14.9. The number of nitrogens with one attached hydrogen (secondary N) is 1. The average Bonchev–Trinajstić information content (AvgIpc) is 2.53. The van der Waals surface area contributed by atoms with Gasteiger partial charge in [-0.15, -0.1) is 0 Å². The largest absolute Gasteiger partial charge is 0.383 e. The second kappa shape index (κ2) is 9.15. The summed E-state index contributed by atoms with van der Waals surface area (Å²) < 4.78 is 16.5. The Morgan fingerprint density at radius 2 is 2.10 bits per heavy atom. The third-order valence-corrected chi connectivity index (χ3v) is 4.00. The summed E-state index contributed by atoms with van der Waals surface area (Å²) in [6.07, 6.45) is 2.51. The Morgan fingerprint density at radius 1 is 1.24 bits per heavy atom. The molecule has 118 valence electrons. The maximum absolute atomic E-state index is 6.09. The van der Waals surface area contributed by atoms with E-state index in [1.54, 1.807) is 14.2 Å². The van der Waals surface area contributed by atoms with Crippen molar-refractivity contribution >= 4 is 0 Å². The van der Waals surface area contributed by atoms with Gasteiger partial charge in [-0.25, -0.2) is 0 Å². The van der Waals surface area contributed by atoms with Crippen LogP contribution in [0.25, 0.3) is 0 Å². The van der Waals surface area contributed by atoms with Crippen LogP contribution in [0.15, 0.2) is 24.3 Å². The summed E-state index contributed by atoms with van der Waals surface area (Å²) in [5.74, 6) is 0.508. The molecule has 1 aliphatic heterocycles. The molecular formula is C17H27NO3. The number of hydrogen-bond donors (Lipinski definition) is 1. The van der Waals surface area contributed by atoms with Crippen molar-refractivity contribution in [2.45, 2.75) is 25.6 Å². The Morgan fingerprint density at radius 3 is 2.90 bits per heavy atom. The summed E-state index contributed by atoms with van der Waals surface area (Å²) in [7, 11) is 3.47. The lowest BCUT2D eigenvalue weighted by Crippen LogP contribution is -2.33. The number of benzene rings is 1. The van der Waals surface area contributed by atoms with E-state index in [9.17, 15) is 0 Å². The maximum atomic E-state index is 6.09. The molecule has 2 atom stereocenters. The second-order valence-electron chi connectivity index (χ2n) is 5.52. The summed E-state index contributed by atoms with van der Waals surface area (Å²) in [6.45, 7) is 4.09. The van der Waals surface area contributed by atoms with Crippen LogP contribution in [0.3, 0.4) is 0 Å². The first kappa shape index (κ1) is 16.4. The van der Waals surface area contributed by atoms with Crippen LogP contribution < -0.4 is 5.32 Å². The van der Waals surface area contributed by atoms with Gasteiger partial charge in [-0.2, -0.15) is 0 Å². The molecule has 1 N–H and O–H groups in total. The Bertz CT molecular complexity index is 411. The maximum Gasteiger partial charge on any atom is 0.0868 e. The highest BCUT2D eigenvalue weighted by molar-refractivity contribution is 5.29. The minimum absolute atomic E-state index is 0.167. The highest BCUT2D eigenvalue weighted by Gasteiger charge is 2.28. The van der Waals surface area contributed by atoms with Crippen LogP contribution in [0.2, 0.25) is 0 Å². The van der Waals surface area contributed by atoms with Gasteiger partial charge in [0, 0.05) is 39.8 Å². The first-order valence-electron chi connectivity index (χ1n) is 7.74. The van der Waals surface area contributed by atoms with Gasteiger partial charge < -0.3 is 19.5 Å². The van der Waals surface area contributed by atoms with E-state index < -0.39 is 0 Å². The van der Waals surface area contributed by atoms with Crippen LogP contribution in [0.4, 0.5) is 0 Å². The summed E-state index contributed by atoms with van der Waals surface area (Å²) in [5.41, 5.74) is 2.51. The van der Waals surface area contributed by atoms with Crippen LogP contribution in [0.1, 0.15) is 30.1 Å². The van der Waals surface area contributed by atoms with Crippen molar-refractivity contribution < 1.29 is 14.2 Å². The SMILES string of the molecule is COCCNCC1CCCOC1c1ccccc1COC. The number of ether oxygens (including phenoxy) is 3. The quantitative estimate of drug-likeness (QED) is 0.748. The molecule has 4 nitrogen and oxygen atoms in total. The van der Waals surface area contributed by atoms with Crippen LogP contribution in [0.5, 0.6) is 0 Å². The van der Waals surface area contributed by atoms with E-state index in [-0.39, 0.29) is 6.10 Å². The van der Waals surface area contributed by atoms with Crippen molar-refractivity contribution in [1.82, 2.24) is 5.32 Å². The van der Waals surface area contributed by atoms with Crippen LogP contribution in [0, 0.1) is 5.92 Å². The fraction of sp³-hybridized carbons (Fsp3) is 0.647. The van der Waals surface area contributed by atoms with Crippen molar-refractivity contribution in [1.29, 1.82) is 0 Å². The van der Waals surface area contributed by atoms with Crippen molar-refractivity contribution in [3.63, 3.8) is 0 Å². The molecule has 1 aliphatic rings. The lowest BCUT2D eigenvalue weighted by Gasteiger charge is -2.33. The molecule has 1 saturated heterocycles. The predicted octanol–water partition coefficient (Wildman–Crippen LogP) is 2.54. The summed E-state index contributed by atoms with van der Waals surface area (Å²) in [5, 5.41) is 3.47.